The number of ketones is 1. The van der Waals surface area contributed by atoms with E-state index in [1.807, 2.05) is 0 Å². The van der Waals surface area contributed by atoms with Crippen LogP contribution in [0.3, 0.4) is 0 Å². The van der Waals surface area contributed by atoms with Crippen LogP contribution in [0.4, 0.5) is 0 Å². The molecule has 11 nitrogen and oxygen atoms in total. The molecule has 0 aliphatic carbocycles. The Labute approximate surface area is 125 Å². The average Bonchev–Trinajstić information content (AvgIpc) is 2.49. The quantitative estimate of drug-likeness (QED) is 0.202. The minimum Gasteiger partial charge on any atom is -0.480 e. The highest BCUT2D eigenvalue weighted by atomic mass is 16.4. The van der Waals surface area contributed by atoms with Crippen molar-refractivity contribution in [3.05, 3.63) is 0 Å². The maximum absolute atomic E-state index is 10.5. The fraction of sp³-hybridized carbons (Fsp3) is 0.727. The van der Waals surface area contributed by atoms with E-state index >= 15 is 0 Å². The number of primary amides is 1. The molecule has 0 saturated heterocycles. The van der Waals surface area contributed by atoms with Crippen LogP contribution < -0.4 is 11.5 Å². The summed E-state index contributed by atoms with van der Waals surface area (Å²) in [5.41, 5.74) is 9.81. The van der Waals surface area contributed by atoms with Gasteiger partial charge in [-0.2, -0.15) is 0 Å². The lowest BCUT2D eigenvalue weighted by molar-refractivity contribution is -0.142. The number of aliphatic hydroxyl groups excluding tert-OH is 5. The van der Waals surface area contributed by atoms with Gasteiger partial charge >= 0.3 is 5.97 Å². The van der Waals surface area contributed by atoms with Crippen molar-refractivity contribution < 1.29 is 45.0 Å². The standard InChI is InChI=1S/C6H12O6.C5H10N2O3/c7-1-3(9)5(11)6(12)4(10)2-8;6-3(5(9)10)1-2-4(7)8/h3,5-9,11-12H,1-2H2;3H,1-2,6H2,(H2,7,8)(H,9,10)/t3-,5-,6-;/m1./s1. The number of carbonyl (C=O) groups is 3. The highest BCUT2D eigenvalue weighted by Gasteiger charge is 2.28. The molecule has 0 aromatic carbocycles. The summed E-state index contributed by atoms with van der Waals surface area (Å²) in [6, 6.07) is -0.979. The van der Waals surface area contributed by atoms with Crippen LogP contribution >= 0.6 is 0 Å². The lowest BCUT2D eigenvalue weighted by Gasteiger charge is -2.19. The molecule has 0 fully saturated rings. The van der Waals surface area contributed by atoms with Crippen LogP contribution in [0.25, 0.3) is 0 Å². The van der Waals surface area contributed by atoms with Crippen LogP contribution in [-0.4, -0.2) is 85.9 Å². The third-order valence-corrected chi connectivity index (χ3v) is 2.41. The normalized spacial score (nSPS) is 15.7. The monoisotopic (exact) mass is 326 g/mol. The SMILES string of the molecule is NC(=O)CCC(N)C(=O)O.O=C(CO)[C@@H](O)[C@H](O)[C@H](O)CO. The van der Waals surface area contributed by atoms with Crippen molar-refractivity contribution in [3.63, 3.8) is 0 Å². The van der Waals surface area contributed by atoms with Crippen molar-refractivity contribution in [2.45, 2.75) is 37.2 Å². The van der Waals surface area contributed by atoms with Crippen molar-refractivity contribution in [1.82, 2.24) is 0 Å². The predicted molar refractivity (Wildman–Crippen MR) is 71.2 cm³/mol. The molecule has 0 aromatic heterocycles. The minimum atomic E-state index is -1.86. The number of Topliss-reactive ketones (excluding diaryl/α,β-unsaturated/α-hetero) is 1. The van der Waals surface area contributed by atoms with Crippen molar-refractivity contribution in [1.29, 1.82) is 0 Å². The van der Waals surface area contributed by atoms with Gasteiger partial charge in [-0.3, -0.25) is 14.4 Å². The van der Waals surface area contributed by atoms with Gasteiger partial charge in [-0.05, 0) is 6.42 Å². The predicted octanol–water partition coefficient (Wildman–Crippen LogP) is -4.71. The smallest absolute Gasteiger partial charge is 0.320 e. The fourth-order valence-corrected chi connectivity index (χ4v) is 1.02. The van der Waals surface area contributed by atoms with E-state index in [9.17, 15) is 14.4 Å². The van der Waals surface area contributed by atoms with Crippen LogP contribution in [0.2, 0.25) is 0 Å². The van der Waals surface area contributed by atoms with Crippen LogP contribution in [-0.2, 0) is 14.4 Å². The van der Waals surface area contributed by atoms with E-state index < -0.39 is 55.2 Å². The van der Waals surface area contributed by atoms with Crippen molar-refractivity contribution in [3.8, 4) is 0 Å². The molecule has 0 heterocycles. The van der Waals surface area contributed by atoms with Gasteiger partial charge < -0.3 is 42.1 Å². The molecule has 10 N–H and O–H groups in total. The molecule has 1 unspecified atom stereocenters. The molecule has 0 bridgehead atoms. The van der Waals surface area contributed by atoms with Gasteiger partial charge in [-0.25, -0.2) is 0 Å². The minimum absolute atomic E-state index is 0.0213. The second kappa shape index (κ2) is 12.0. The number of nitrogens with two attached hydrogens (primary N) is 2. The van der Waals surface area contributed by atoms with E-state index in [1.165, 1.54) is 0 Å². The number of carboxylic acid groups (broad SMARTS) is 1. The topological polar surface area (TPSA) is 225 Å². The third kappa shape index (κ3) is 10.1. The number of carboxylic acids is 1. The van der Waals surface area contributed by atoms with E-state index in [0.717, 1.165) is 0 Å². The Kier molecular flexibility index (Phi) is 12.3. The first-order chi connectivity index (χ1) is 10.1. The molecule has 11 heteroatoms. The molecule has 22 heavy (non-hydrogen) atoms. The summed E-state index contributed by atoms with van der Waals surface area (Å²) in [4.78, 5) is 30.7. The molecule has 0 saturated carbocycles. The number of carbonyl (C=O) groups excluding carboxylic acids is 2. The summed E-state index contributed by atoms with van der Waals surface area (Å²) in [5.74, 6) is -2.65. The summed E-state index contributed by atoms with van der Waals surface area (Å²) in [6.07, 6.45) is -5.10. The van der Waals surface area contributed by atoms with E-state index in [0.29, 0.717) is 0 Å². The summed E-state index contributed by atoms with van der Waals surface area (Å²) < 4.78 is 0. The van der Waals surface area contributed by atoms with Gasteiger partial charge in [0.1, 0.15) is 31.0 Å². The van der Waals surface area contributed by atoms with E-state index in [2.05, 4.69) is 0 Å². The number of amides is 1. The van der Waals surface area contributed by atoms with Gasteiger partial charge in [0, 0.05) is 6.42 Å². The number of aliphatic hydroxyl groups is 5. The van der Waals surface area contributed by atoms with Gasteiger partial charge in [0.2, 0.25) is 5.91 Å². The van der Waals surface area contributed by atoms with E-state index in [1.54, 1.807) is 0 Å². The van der Waals surface area contributed by atoms with E-state index in [-0.39, 0.29) is 12.8 Å². The maximum atomic E-state index is 10.5. The largest absolute Gasteiger partial charge is 0.480 e. The molecule has 1 amide bonds. The summed E-state index contributed by atoms with van der Waals surface area (Å²) >= 11 is 0. The Morgan fingerprint density at radius 3 is 1.86 bits per heavy atom. The number of hydrogen-bond acceptors (Lipinski definition) is 9. The lowest BCUT2D eigenvalue weighted by atomic mass is 10.1. The van der Waals surface area contributed by atoms with Gasteiger partial charge in [-0.1, -0.05) is 0 Å². The van der Waals surface area contributed by atoms with Gasteiger partial charge in [0.05, 0.1) is 6.61 Å². The lowest BCUT2D eigenvalue weighted by Crippen LogP contribution is -2.44. The molecule has 0 aliphatic rings. The zero-order valence-electron chi connectivity index (χ0n) is 11.7. The highest BCUT2D eigenvalue weighted by Crippen LogP contribution is 2.00. The number of hydrogen-bond donors (Lipinski definition) is 8. The van der Waals surface area contributed by atoms with Crippen molar-refractivity contribution in [2.75, 3.05) is 13.2 Å². The molecular formula is C11H22N2O9. The Hall–Kier alpha value is -1.63. The molecular weight excluding hydrogens is 304 g/mol. The Morgan fingerprint density at radius 2 is 1.55 bits per heavy atom. The van der Waals surface area contributed by atoms with Gasteiger partial charge in [0.15, 0.2) is 5.78 Å². The second-order valence-corrected chi connectivity index (χ2v) is 4.26. The molecule has 0 aromatic rings. The first-order valence-electron chi connectivity index (χ1n) is 6.13. The maximum Gasteiger partial charge on any atom is 0.320 e. The zero-order chi connectivity index (χ0) is 17.9. The summed E-state index contributed by atoms with van der Waals surface area (Å²) in [7, 11) is 0. The second-order valence-electron chi connectivity index (χ2n) is 4.26. The molecule has 0 spiro atoms. The fourth-order valence-electron chi connectivity index (χ4n) is 1.02. The average molecular weight is 326 g/mol. The summed E-state index contributed by atoms with van der Waals surface area (Å²) in [5, 5.41) is 51.3. The van der Waals surface area contributed by atoms with Gasteiger partial charge in [-0.15, -0.1) is 0 Å². The molecule has 0 radical (unpaired) electrons. The van der Waals surface area contributed by atoms with Crippen LogP contribution in [0.5, 0.6) is 0 Å². The van der Waals surface area contributed by atoms with Gasteiger partial charge in [0.25, 0.3) is 0 Å². The molecule has 130 valence electrons. The summed E-state index contributed by atoms with van der Waals surface area (Å²) in [6.45, 7) is -1.69. The third-order valence-electron chi connectivity index (χ3n) is 2.41. The number of aliphatic carboxylic acids is 1. The highest BCUT2D eigenvalue weighted by molar-refractivity contribution is 5.84. The Bertz CT molecular complexity index is 363. The first-order valence-corrected chi connectivity index (χ1v) is 6.13. The Balaban J connectivity index is 0. The molecule has 0 aliphatic heterocycles. The molecule has 0 rings (SSSR count). The van der Waals surface area contributed by atoms with Crippen molar-refractivity contribution >= 4 is 17.7 Å². The van der Waals surface area contributed by atoms with Crippen molar-refractivity contribution in [2.24, 2.45) is 11.5 Å². The van der Waals surface area contributed by atoms with Crippen LogP contribution in [0.1, 0.15) is 12.8 Å². The number of rotatable bonds is 9. The van der Waals surface area contributed by atoms with Crippen LogP contribution in [0.15, 0.2) is 0 Å². The van der Waals surface area contributed by atoms with Crippen LogP contribution in [0, 0.1) is 0 Å². The molecule has 4 atom stereocenters. The zero-order valence-corrected chi connectivity index (χ0v) is 11.7. The van der Waals surface area contributed by atoms with E-state index in [4.69, 9.17) is 42.1 Å². The Morgan fingerprint density at radius 1 is 1.05 bits per heavy atom. The first kappa shape index (κ1) is 22.6.